The Morgan fingerprint density at radius 3 is 2.69 bits per heavy atom. The Hall–Kier alpha value is -4.01. The number of ether oxygens (including phenoxy) is 1. The summed E-state index contributed by atoms with van der Waals surface area (Å²) in [7, 11) is 1.41. The first-order valence-electron chi connectivity index (χ1n) is 8.57. The highest BCUT2D eigenvalue weighted by molar-refractivity contribution is 6.46. The molecule has 0 bridgehead atoms. The summed E-state index contributed by atoms with van der Waals surface area (Å²) in [4.78, 5) is 33.9. The van der Waals surface area contributed by atoms with Gasteiger partial charge in [0.05, 0.1) is 26.5 Å². The van der Waals surface area contributed by atoms with Crippen LogP contribution in [0, 0.1) is 17.1 Å². The van der Waals surface area contributed by atoms with Gasteiger partial charge in [-0.1, -0.05) is 29.3 Å². The minimum Gasteiger partial charge on any atom is -0.434 e. The van der Waals surface area contributed by atoms with Crippen molar-refractivity contribution in [1.82, 2.24) is 15.5 Å². The lowest BCUT2D eigenvalue weighted by Gasteiger charge is -2.17. The molecular formula is C19H11Cl2FN6O4. The molecule has 1 heterocycles. The second kappa shape index (κ2) is 9.42. The Morgan fingerprint density at radius 2 is 2.06 bits per heavy atom. The van der Waals surface area contributed by atoms with Crippen molar-refractivity contribution in [1.29, 1.82) is 5.26 Å². The van der Waals surface area contributed by atoms with Crippen molar-refractivity contribution in [2.75, 3.05) is 12.1 Å². The number of fused-ring (bicyclic) bond motifs is 1. The number of anilines is 1. The lowest BCUT2D eigenvalue weighted by molar-refractivity contribution is -0.120. The van der Waals surface area contributed by atoms with Gasteiger partial charge in [0.1, 0.15) is 11.9 Å². The number of aromatic amines is 1. The largest absolute Gasteiger partial charge is 0.434 e. The van der Waals surface area contributed by atoms with Crippen LogP contribution in [0.5, 0.6) is 11.6 Å². The summed E-state index contributed by atoms with van der Waals surface area (Å²) >= 11 is 12.6. The fourth-order valence-corrected chi connectivity index (χ4v) is 3.16. The molecule has 0 aliphatic heterocycles. The number of hydrogen-bond acceptors (Lipinski definition) is 8. The highest BCUT2D eigenvalue weighted by atomic mass is 35.5. The number of hydrazone groups is 1. The molecule has 0 aliphatic carbocycles. The fourth-order valence-electron chi connectivity index (χ4n) is 2.60. The minimum absolute atomic E-state index is 0.0112. The number of H-pyrrole nitrogens is 1. The number of nitrogens with zero attached hydrogens (tertiary/aromatic N) is 4. The van der Waals surface area contributed by atoms with Crippen LogP contribution in [0.1, 0.15) is 0 Å². The summed E-state index contributed by atoms with van der Waals surface area (Å²) in [6.07, 6.45) is 0.121. The minimum atomic E-state index is -0.991. The van der Waals surface area contributed by atoms with Gasteiger partial charge < -0.3 is 4.74 Å². The average Bonchev–Trinajstić information content (AvgIpc) is 2.75. The molecule has 2 aromatic carbocycles. The molecule has 2 amide bonds. The van der Waals surface area contributed by atoms with Crippen LogP contribution in [0.15, 0.2) is 40.2 Å². The summed E-state index contributed by atoms with van der Waals surface area (Å²) in [6, 6.07) is 8.26. The van der Waals surface area contributed by atoms with Crippen LogP contribution in [0.3, 0.4) is 0 Å². The van der Waals surface area contributed by atoms with Gasteiger partial charge in [-0.2, -0.15) is 10.4 Å². The van der Waals surface area contributed by atoms with Crippen LogP contribution < -0.4 is 20.6 Å². The number of rotatable bonds is 6. The Labute approximate surface area is 188 Å². The van der Waals surface area contributed by atoms with E-state index in [2.05, 4.69) is 15.3 Å². The van der Waals surface area contributed by atoms with Crippen molar-refractivity contribution in [3.8, 4) is 17.7 Å². The second-order valence-electron chi connectivity index (χ2n) is 6.04. The van der Waals surface area contributed by atoms with Crippen molar-refractivity contribution in [3.63, 3.8) is 0 Å². The van der Waals surface area contributed by atoms with Crippen LogP contribution in [0.4, 0.5) is 10.1 Å². The molecule has 162 valence electrons. The zero-order valence-corrected chi connectivity index (χ0v) is 17.5. The maximum absolute atomic E-state index is 14.1. The zero-order valence-electron chi connectivity index (χ0n) is 16.0. The van der Waals surface area contributed by atoms with Gasteiger partial charge in [-0.25, -0.2) is 9.49 Å². The third-order valence-corrected chi connectivity index (χ3v) is 4.61. The third kappa shape index (κ3) is 4.51. The molecule has 0 saturated heterocycles. The number of nitriles is 1. The van der Waals surface area contributed by atoms with Gasteiger partial charge in [0.2, 0.25) is 18.0 Å². The number of imide groups is 1. The molecule has 3 aromatic rings. The van der Waals surface area contributed by atoms with E-state index in [0.717, 1.165) is 11.1 Å². The van der Waals surface area contributed by atoms with Crippen molar-refractivity contribution >= 4 is 57.7 Å². The highest BCUT2D eigenvalue weighted by Gasteiger charge is 2.18. The summed E-state index contributed by atoms with van der Waals surface area (Å²) in [6.45, 7) is 0. The molecule has 32 heavy (non-hydrogen) atoms. The highest BCUT2D eigenvalue weighted by Crippen LogP contribution is 2.40. The predicted molar refractivity (Wildman–Crippen MR) is 115 cm³/mol. The monoisotopic (exact) mass is 476 g/mol. The van der Waals surface area contributed by atoms with Crippen molar-refractivity contribution in [3.05, 3.63) is 56.5 Å². The van der Waals surface area contributed by atoms with E-state index >= 15 is 0 Å². The van der Waals surface area contributed by atoms with Gasteiger partial charge in [-0.05, 0) is 24.3 Å². The first kappa shape index (κ1) is 22.7. The van der Waals surface area contributed by atoms with Crippen molar-refractivity contribution in [2.24, 2.45) is 5.10 Å². The number of nitrogens with one attached hydrogen (secondary N) is 2. The number of benzene rings is 2. The van der Waals surface area contributed by atoms with E-state index in [-0.39, 0.29) is 44.5 Å². The molecule has 0 spiro atoms. The van der Waals surface area contributed by atoms with Crippen LogP contribution in [-0.2, 0) is 9.59 Å². The maximum atomic E-state index is 14.1. The molecule has 0 saturated carbocycles. The molecule has 1 aromatic heterocycles. The molecule has 2 N–H and O–H groups in total. The Morgan fingerprint density at radius 1 is 1.38 bits per heavy atom. The molecule has 13 heteroatoms. The number of carbonyl (C=O) groups excluding carboxylic acids is 2. The van der Waals surface area contributed by atoms with Crippen LogP contribution in [0.25, 0.3) is 10.8 Å². The van der Waals surface area contributed by atoms with Gasteiger partial charge in [-0.15, -0.1) is 5.10 Å². The number of hydrogen-bond donors (Lipinski definition) is 2. The summed E-state index contributed by atoms with van der Waals surface area (Å²) in [5.41, 5.74) is -1.05. The van der Waals surface area contributed by atoms with Crippen LogP contribution in [-0.4, -0.2) is 35.3 Å². The lowest BCUT2D eigenvalue weighted by atomic mass is 10.2. The molecule has 0 radical (unpaired) electrons. The SMILES string of the molecule is CN(/N=C(/C#N)C(=O)NC=O)c1cc(Cl)c(Oc2n[nH]c(=O)c3c(F)cccc23)c(Cl)c1. The standard InChI is InChI=1S/C19H11Cl2FN6O4/c1-28(27-14(7-23)17(30)24-8-29)9-5-11(20)16(12(21)6-9)32-19-10-3-2-4-13(22)15(10)18(31)25-26-19/h2-6,8H,1H3,(H,25,31)(H,24,29,30)/b27-14-. The second-order valence-corrected chi connectivity index (χ2v) is 6.85. The van der Waals surface area contributed by atoms with Gasteiger partial charge >= 0.3 is 0 Å². The Bertz CT molecular complexity index is 1350. The molecule has 0 unspecified atom stereocenters. The number of carbonyl (C=O) groups is 2. The molecule has 0 atom stereocenters. The maximum Gasteiger partial charge on any atom is 0.288 e. The van der Waals surface area contributed by atoms with Crippen LogP contribution >= 0.6 is 23.2 Å². The number of halogens is 3. The lowest BCUT2D eigenvalue weighted by Crippen LogP contribution is -2.30. The summed E-state index contributed by atoms with van der Waals surface area (Å²) in [5, 5.41) is 21.6. The smallest absolute Gasteiger partial charge is 0.288 e. The van der Waals surface area contributed by atoms with E-state index < -0.39 is 23.0 Å². The predicted octanol–water partition coefficient (Wildman–Crippen LogP) is 2.75. The molecule has 0 aliphatic rings. The Balaban J connectivity index is 1.98. The van der Waals surface area contributed by atoms with Crippen molar-refractivity contribution in [2.45, 2.75) is 0 Å². The van der Waals surface area contributed by atoms with Gasteiger partial charge in [0, 0.05) is 7.05 Å². The van der Waals surface area contributed by atoms with E-state index in [0.29, 0.717) is 0 Å². The molecule has 0 fully saturated rings. The molecule has 3 rings (SSSR count). The first-order valence-corrected chi connectivity index (χ1v) is 9.33. The van der Waals surface area contributed by atoms with E-state index in [9.17, 15) is 18.8 Å². The van der Waals surface area contributed by atoms with E-state index in [1.54, 1.807) is 11.4 Å². The summed E-state index contributed by atoms with van der Waals surface area (Å²) in [5.74, 6) is -1.93. The van der Waals surface area contributed by atoms with Crippen molar-refractivity contribution < 1.29 is 18.7 Å². The van der Waals surface area contributed by atoms with E-state index in [1.807, 2.05) is 0 Å². The summed E-state index contributed by atoms with van der Waals surface area (Å²) < 4.78 is 19.7. The first-order chi connectivity index (χ1) is 15.3. The number of aromatic nitrogens is 2. The molecule has 10 nitrogen and oxygen atoms in total. The quantitative estimate of drug-likeness (QED) is 0.316. The van der Waals surface area contributed by atoms with Gasteiger partial charge in [0.15, 0.2) is 5.75 Å². The average molecular weight is 477 g/mol. The van der Waals surface area contributed by atoms with Crippen LogP contribution in [0.2, 0.25) is 10.0 Å². The number of amides is 2. The molecular weight excluding hydrogens is 466 g/mol. The van der Waals surface area contributed by atoms with Gasteiger partial charge in [0.25, 0.3) is 11.5 Å². The van der Waals surface area contributed by atoms with Gasteiger partial charge in [-0.3, -0.25) is 24.7 Å². The third-order valence-electron chi connectivity index (χ3n) is 4.05. The Kier molecular flexibility index (Phi) is 6.67. The zero-order chi connectivity index (χ0) is 23.4. The topological polar surface area (TPSA) is 141 Å². The normalized spacial score (nSPS) is 11.0. The van der Waals surface area contributed by atoms with E-state index in [1.165, 1.54) is 31.3 Å². The van der Waals surface area contributed by atoms with E-state index in [4.69, 9.17) is 33.2 Å². The fraction of sp³-hybridized carbons (Fsp3) is 0.0526.